The molecule has 92 valence electrons. The lowest BCUT2D eigenvalue weighted by Gasteiger charge is -2.17. The molecule has 0 aromatic rings. The van der Waals surface area contributed by atoms with Gasteiger partial charge in [-0.05, 0) is 26.7 Å². The van der Waals surface area contributed by atoms with Gasteiger partial charge in [-0.2, -0.15) is 0 Å². The summed E-state index contributed by atoms with van der Waals surface area (Å²) in [7, 11) is 0. The van der Waals surface area contributed by atoms with E-state index in [1.807, 2.05) is 13.8 Å². The van der Waals surface area contributed by atoms with Gasteiger partial charge in [-0.15, -0.1) is 0 Å². The molecule has 0 saturated carbocycles. The fourth-order valence-electron chi connectivity index (χ4n) is 1.49. The SMILES string of the molecule is CCCCCCCC(O)OC(C)OCC. The van der Waals surface area contributed by atoms with E-state index in [-0.39, 0.29) is 6.29 Å². The van der Waals surface area contributed by atoms with Crippen LogP contribution in [-0.2, 0) is 9.47 Å². The van der Waals surface area contributed by atoms with Crippen molar-refractivity contribution in [2.45, 2.75) is 71.9 Å². The summed E-state index contributed by atoms with van der Waals surface area (Å²) in [6, 6.07) is 0. The fraction of sp³-hybridized carbons (Fsp3) is 1.00. The Hall–Kier alpha value is -0.120. The lowest BCUT2D eigenvalue weighted by Crippen LogP contribution is -2.21. The first-order valence-electron chi connectivity index (χ1n) is 6.15. The Labute approximate surface area is 93.8 Å². The Bertz CT molecular complexity index is 128. The van der Waals surface area contributed by atoms with Gasteiger partial charge in [0, 0.05) is 6.61 Å². The standard InChI is InChI=1S/C12H26O3/c1-4-6-7-8-9-10-12(13)15-11(3)14-5-2/h11-13H,4-10H2,1-3H3. The van der Waals surface area contributed by atoms with Crippen LogP contribution in [0.15, 0.2) is 0 Å². The first-order valence-corrected chi connectivity index (χ1v) is 6.15. The van der Waals surface area contributed by atoms with E-state index in [0.717, 1.165) is 6.42 Å². The van der Waals surface area contributed by atoms with Gasteiger partial charge in [0.1, 0.15) is 0 Å². The molecule has 0 aliphatic heterocycles. The largest absolute Gasteiger partial charge is 0.368 e. The molecule has 0 heterocycles. The van der Waals surface area contributed by atoms with Crippen molar-refractivity contribution in [1.29, 1.82) is 0 Å². The third-order valence-electron chi connectivity index (χ3n) is 2.30. The van der Waals surface area contributed by atoms with Crippen molar-refractivity contribution in [2.75, 3.05) is 6.61 Å². The minimum absolute atomic E-state index is 0.305. The number of rotatable bonds is 10. The zero-order chi connectivity index (χ0) is 11.5. The lowest BCUT2D eigenvalue weighted by molar-refractivity contribution is -0.220. The van der Waals surface area contributed by atoms with Gasteiger partial charge >= 0.3 is 0 Å². The number of aliphatic hydroxyl groups excluding tert-OH is 1. The third-order valence-corrected chi connectivity index (χ3v) is 2.30. The van der Waals surface area contributed by atoms with Crippen molar-refractivity contribution in [3.8, 4) is 0 Å². The molecule has 0 rings (SSSR count). The van der Waals surface area contributed by atoms with Crippen molar-refractivity contribution in [2.24, 2.45) is 0 Å². The molecule has 1 N–H and O–H groups in total. The summed E-state index contributed by atoms with van der Waals surface area (Å²) in [5.74, 6) is 0. The molecule has 2 unspecified atom stereocenters. The number of hydrogen-bond acceptors (Lipinski definition) is 3. The Morgan fingerprint density at radius 2 is 1.73 bits per heavy atom. The summed E-state index contributed by atoms with van der Waals surface area (Å²) in [5.41, 5.74) is 0. The summed E-state index contributed by atoms with van der Waals surface area (Å²) in [4.78, 5) is 0. The van der Waals surface area contributed by atoms with E-state index >= 15 is 0 Å². The summed E-state index contributed by atoms with van der Waals surface area (Å²) in [6.07, 6.45) is 5.73. The Kier molecular flexibility index (Phi) is 10.3. The second-order valence-corrected chi connectivity index (χ2v) is 3.82. The van der Waals surface area contributed by atoms with E-state index in [1.54, 1.807) is 0 Å². The highest BCUT2D eigenvalue weighted by atomic mass is 16.7. The first kappa shape index (κ1) is 14.9. The van der Waals surface area contributed by atoms with Crippen molar-refractivity contribution >= 4 is 0 Å². The van der Waals surface area contributed by atoms with Gasteiger partial charge < -0.3 is 14.6 Å². The molecule has 0 spiro atoms. The monoisotopic (exact) mass is 218 g/mol. The van der Waals surface area contributed by atoms with E-state index in [1.165, 1.54) is 25.7 Å². The van der Waals surface area contributed by atoms with Gasteiger partial charge in [-0.1, -0.05) is 32.6 Å². The summed E-state index contributed by atoms with van der Waals surface area (Å²) < 4.78 is 10.4. The average molecular weight is 218 g/mol. The molecule has 0 aliphatic rings. The predicted molar refractivity (Wildman–Crippen MR) is 61.6 cm³/mol. The Balaban J connectivity index is 3.28. The first-order chi connectivity index (χ1) is 7.20. The Morgan fingerprint density at radius 1 is 1.07 bits per heavy atom. The number of unbranched alkanes of at least 4 members (excludes halogenated alkanes) is 4. The normalized spacial score (nSPS) is 15.2. The zero-order valence-corrected chi connectivity index (χ0v) is 10.4. The zero-order valence-electron chi connectivity index (χ0n) is 10.4. The van der Waals surface area contributed by atoms with Gasteiger partial charge in [-0.25, -0.2) is 0 Å². The molecule has 3 nitrogen and oxygen atoms in total. The van der Waals surface area contributed by atoms with Crippen molar-refractivity contribution < 1.29 is 14.6 Å². The lowest BCUT2D eigenvalue weighted by atomic mass is 10.1. The Morgan fingerprint density at radius 3 is 2.33 bits per heavy atom. The van der Waals surface area contributed by atoms with Gasteiger partial charge in [0.05, 0.1) is 0 Å². The topological polar surface area (TPSA) is 38.7 Å². The highest BCUT2D eigenvalue weighted by Crippen LogP contribution is 2.09. The molecule has 0 bridgehead atoms. The summed E-state index contributed by atoms with van der Waals surface area (Å²) >= 11 is 0. The van der Waals surface area contributed by atoms with Crippen LogP contribution in [0.1, 0.15) is 59.3 Å². The fourth-order valence-corrected chi connectivity index (χ4v) is 1.49. The molecule has 0 radical (unpaired) electrons. The maximum absolute atomic E-state index is 9.50. The molecule has 0 fully saturated rings. The highest BCUT2D eigenvalue weighted by Gasteiger charge is 2.08. The number of hydrogen-bond donors (Lipinski definition) is 1. The van der Waals surface area contributed by atoms with E-state index in [4.69, 9.17) is 9.47 Å². The van der Waals surface area contributed by atoms with Crippen LogP contribution < -0.4 is 0 Å². The van der Waals surface area contributed by atoms with Crippen LogP contribution in [0.3, 0.4) is 0 Å². The molecule has 0 aliphatic carbocycles. The predicted octanol–water partition coefficient (Wildman–Crippen LogP) is 3.06. The molecule has 3 heteroatoms. The number of ether oxygens (including phenoxy) is 2. The van der Waals surface area contributed by atoms with Gasteiger partial charge in [-0.3, -0.25) is 0 Å². The van der Waals surface area contributed by atoms with Crippen molar-refractivity contribution in [3.05, 3.63) is 0 Å². The van der Waals surface area contributed by atoms with Crippen LogP contribution in [0.5, 0.6) is 0 Å². The van der Waals surface area contributed by atoms with E-state index in [2.05, 4.69) is 6.92 Å². The van der Waals surface area contributed by atoms with E-state index < -0.39 is 6.29 Å². The van der Waals surface area contributed by atoms with E-state index in [0.29, 0.717) is 13.0 Å². The maximum Gasteiger partial charge on any atom is 0.157 e. The minimum Gasteiger partial charge on any atom is -0.368 e. The van der Waals surface area contributed by atoms with Crippen LogP contribution in [0, 0.1) is 0 Å². The quantitative estimate of drug-likeness (QED) is 0.452. The molecule has 0 aromatic carbocycles. The van der Waals surface area contributed by atoms with Crippen LogP contribution in [0.2, 0.25) is 0 Å². The smallest absolute Gasteiger partial charge is 0.157 e. The molecular formula is C12H26O3. The highest BCUT2D eigenvalue weighted by molar-refractivity contribution is 4.47. The van der Waals surface area contributed by atoms with Crippen molar-refractivity contribution in [3.63, 3.8) is 0 Å². The van der Waals surface area contributed by atoms with Crippen LogP contribution >= 0.6 is 0 Å². The summed E-state index contributed by atoms with van der Waals surface area (Å²) in [6.45, 7) is 6.53. The average Bonchev–Trinajstić information content (AvgIpc) is 2.17. The molecule has 0 saturated heterocycles. The van der Waals surface area contributed by atoms with Crippen LogP contribution in [0.25, 0.3) is 0 Å². The molecule has 2 atom stereocenters. The molecule has 15 heavy (non-hydrogen) atoms. The number of aliphatic hydroxyl groups is 1. The molecular weight excluding hydrogens is 192 g/mol. The van der Waals surface area contributed by atoms with Crippen LogP contribution in [-0.4, -0.2) is 24.3 Å². The van der Waals surface area contributed by atoms with Gasteiger partial charge in [0.25, 0.3) is 0 Å². The molecule has 0 aromatic heterocycles. The van der Waals surface area contributed by atoms with Gasteiger partial charge in [0.2, 0.25) is 0 Å². The second-order valence-electron chi connectivity index (χ2n) is 3.82. The van der Waals surface area contributed by atoms with Gasteiger partial charge in [0.15, 0.2) is 12.6 Å². The second kappa shape index (κ2) is 10.4. The third kappa shape index (κ3) is 10.2. The minimum atomic E-state index is -0.673. The van der Waals surface area contributed by atoms with E-state index in [9.17, 15) is 5.11 Å². The van der Waals surface area contributed by atoms with Crippen molar-refractivity contribution in [1.82, 2.24) is 0 Å². The molecule has 0 amide bonds. The van der Waals surface area contributed by atoms with Crippen LogP contribution in [0.4, 0.5) is 0 Å². The summed E-state index contributed by atoms with van der Waals surface area (Å²) in [5, 5.41) is 9.50. The maximum atomic E-state index is 9.50.